The summed E-state index contributed by atoms with van der Waals surface area (Å²) in [4.78, 5) is 2.25. The first-order chi connectivity index (χ1) is 7.95. The van der Waals surface area contributed by atoms with E-state index in [9.17, 15) is 5.11 Å². The first kappa shape index (κ1) is 14.0. The van der Waals surface area contributed by atoms with Crippen molar-refractivity contribution in [2.45, 2.75) is 27.7 Å². The molecule has 96 valence electrons. The summed E-state index contributed by atoms with van der Waals surface area (Å²) in [7, 11) is 2.10. The van der Waals surface area contributed by atoms with Crippen LogP contribution in [0.3, 0.4) is 0 Å². The molecule has 0 amide bonds. The molecule has 0 bridgehead atoms. The Balaban J connectivity index is 2.81. The van der Waals surface area contributed by atoms with Crippen molar-refractivity contribution in [1.29, 1.82) is 0 Å². The summed E-state index contributed by atoms with van der Waals surface area (Å²) in [5.41, 5.74) is 3.84. The minimum absolute atomic E-state index is 0.257. The molecule has 0 spiro atoms. The lowest BCUT2D eigenvalue weighted by molar-refractivity contribution is 0.193. The number of rotatable bonds is 5. The van der Waals surface area contributed by atoms with Gasteiger partial charge in [-0.15, -0.1) is 0 Å². The van der Waals surface area contributed by atoms with Crippen LogP contribution in [-0.4, -0.2) is 25.3 Å². The van der Waals surface area contributed by atoms with Gasteiger partial charge in [0.05, 0.1) is 0 Å². The van der Waals surface area contributed by atoms with Crippen molar-refractivity contribution < 1.29 is 5.11 Å². The van der Waals surface area contributed by atoms with E-state index in [4.69, 9.17) is 0 Å². The van der Waals surface area contributed by atoms with Crippen molar-refractivity contribution in [3.8, 4) is 0 Å². The average Bonchev–Trinajstić information content (AvgIpc) is 2.28. The average molecular weight is 235 g/mol. The van der Waals surface area contributed by atoms with Crippen LogP contribution in [0.2, 0.25) is 0 Å². The summed E-state index contributed by atoms with van der Waals surface area (Å²) >= 11 is 0. The van der Waals surface area contributed by atoms with Crippen molar-refractivity contribution in [1.82, 2.24) is 0 Å². The van der Waals surface area contributed by atoms with Gasteiger partial charge >= 0.3 is 0 Å². The predicted molar refractivity (Wildman–Crippen MR) is 74.6 cm³/mol. The minimum Gasteiger partial charge on any atom is -0.396 e. The molecule has 0 aromatic heterocycles. The molecule has 1 atom stereocenters. The highest BCUT2D eigenvalue weighted by Gasteiger charge is 2.15. The molecule has 0 saturated carbocycles. The van der Waals surface area contributed by atoms with Crippen LogP contribution in [0.1, 0.15) is 25.0 Å². The van der Waals surface area contributed by atoms with E-state index in [0.717, 1.165) is 6.54 Å². The van der Waals surface area contributed by atoms with E-state index in [-0.39, 0.29) is 6.61 Å². The van der Waals surface area contributed by atoms with Gasteiger partial charge in [0.25, 0.3) is 0 Å². The van der Waals surface area contributed by atoms with Crippen LogP contribution in [0, 0.1) is 25.7 Å². The fourth-order valence-electron chi connectivity index (χ4n) is 2.06. The summed E-state index contributed by atoms with van der Waals surface area (Å²) in [6.45, 7) is 9.73. The standard InChI is InChI=1S/C15H25NO/c1-11(2)14(10-17)9-16(5)15-8-12(3)6-7-13(15)4/h6-8,11,14,17H,9-10H2,1-5H3. The van der Waals surface area contributed by atoms with Gasteiger partial charge in [0.2, 0.25) is 0 Å². The summed E-state index contributed by atoms with van der Waals surface area (Å²) in [5, 5.41) is 9.39. The second-order valence-electron chi connectivity index (χ2n) is 5.36. The molecule has 17 heavy (non-hydrogen) atoms. The molecule has 0 heterocycles. The molecule has 1 N–H and O–H groups in total. The number of benzene rings is 1. The lowest BCUT2D eigenvalue weighted by Crippen LogP contribution is -2.31. The zero-order valence-corrected chi connectivity index (χ0v) is 11.7. The van der Waals surface area contributed by atoms with E-state index in [1.807, 2.05) is 0 Å². The SMILES string of the molecule is Cc1ccc(C)c(N(C)CC(CO)C(C)C)c1. The summed E-state index contributed by atoms with van der Waals surface area (Å²) in [6.07, 6.45) is 0. The predicted octanol–water partition coefficient (Wildman–Crippen LogP) is 3.00. The number of anilines is 1. The van der Waals surface area contributed by atoms with E-state index in [1.165, 1.54) is 16.8 Å². The van der Waals surface area contributed by atoms with Gasteiger partial charge in [-0.25, -0.2) is 0 Å². The smallest absolute Gasteiger partial charge is 0.0478 e. The summed E-state index contributed by atoms with van der Waals surface area (Å²) in [5.74, 6) is 0.840. The summed E-state index contributed by atoms with van der Waals surface area (Å²) < 4.78 is 0. The molecule has 0 aliphatic carbocycles. The molecule has 1 rings (SSSR count). The molecule has 0 aliphatic heterocycles. The van der Waals surface area contributed by atoms with Gasteiger partial charge in [-0.3, -0.25) is 0 Å². The highest BCUT2D eigenvalue weighted by atomic mass is 16.3. The monoisotopic (exact) mass is 235 g/mol. The maximum absolute atomic E-state index is 9.39. The quantitative estimate of drug-likeness (QED) is 0.848. The van der Waals surface area contributed by atoms with Crippen LogP contribution in [-0.2, 0) is 0 Å². The van der Waals surface area contributed by atoms with Crippen LogP contribution >= 0.6 is 0 Å². The fourth-order valence-corrected chi connectivity index (χ4v) is 2.06. The van der Waals surface area contributed by atoms with Crippen LogP contribution in [0.15, 0.2) is 18.2 Å². The lowest BCUT2D eigenvalue weighted by atomic mass is 9.96. The Bertz CT molecular complexity index is 360. The minimum atomic E-state index is 0.257. The van der Waals surface area contributed by atoms with Crippen LogP contribution < -0.4 is 4.90 Å². The second kappa shape index (κ2) is 6.06. The van der Waals surface area contributed by atoms with Gasteiger partial charge in [-0.2, -0.15) is 0 Å². The molecule has 0 saturated heterocycles. The van der Waals surface area contributed by atoms with Crippen molar-refractivity contribution >= 4 is 5.69 Å². The number of nitrogens with zero attached hydrogens (tertiary/aromatic N) is 1. The van der Waals surface area contributed by atoms with E-state index >= 15 is 0 Å². The first-order valence-electron chi connectivity index (χ1n) is 6.35. The Hall–Kier alpha value is -1.02. The Kier molecular flexibility index (Phi) is 5.01. The van der Waals surface area contributed by atoms with Gasteiger partial charge in [0, 0.05) is 31.8 Å². The number of aliphatic hydroxyl groups is 1. The molecule has 0 fully saturated rings. The topological polar surface area (TPSA) is 23.5 Å². The van der Waals surface area contributed by atoms with E-state index in [2.05, 4.69) is 57.8 Å². The van der Waals surface area contributed by atoms with Gasteiger partial charge in [0.15, 0.2) is 0 Å². The molecule has 0 radical (unpaired) electrons. The zero-order chi connectivity index (χ0) is 13.0. The Morgan fingerprint density at radius 3 is 2.41 bits per heavy atom. The van der Waals surface area contributed by atoms with Crippen molar-refractivity contribution in [3.63, 3.8) is 0 Å². The van der Waals surface area contributed by atoms with Crippen LogP contribution in [0.4, 0.5) is 5.69 Å². The molecular formula is C15H25NO. The molecular weight excluding hydrogens is 210 g/mol. The van der Waals surface area contributed by atoms with E-state index in [0.29, 0.717) is 11.8 Å². The van der Waals surface area contributed by atoms with E-state index < -0.39 is 0 Å². The molecule has 2 nitrogen and oxygen atoms in total. The normalized spacial score (nSPS) is 12.9. The third kappa shape index (κ3) is 3.74. The maximum Gasteiger partial charge on any atom is 0.0478 e. The second-order valence-corrected chi connectivity index (χ2v) is 5.36. The van der Waals surface area contributed by atoms with Crippen LogP contribution in [0.25, 0.3) is 0 Å². The third-order valence-electron chi connectivity index (χ3n) is 3.46. The maximum atomic E-state index is 9.39. The lowest BCUT2D eigenvalue weighted by Gasteiger charge is -2.28. The largest absolute Gasteiger partial charge is 0.396 e. The number of aryl methyl sites for hydroxylation is 2. The van der Waals surface area contributed by atoms with Crippen molar-refractivity contribution in [3.05, 3.63) is 29.3 Å². The molecule has 2 heteroatoms. The third-order valence-corrected chi connectivity index (χ3v) is 3.46. The molecule has 0 aliphatic rings. The van der Waals surface area contributed by atoms with E-state index in [1.54, 1.807) is 0 Å². The highest BCUT2D eigenvalue weighted by molar-refractivity contribution is 5.54. The fraction of sp³-hybridized carbons (Fsp3) is 0.600. The Morgan fingerprint density at radius 1 is 1.24 bits per heavy atom. The zero-order valence-electron chi connectivity index (χ0n) is 11.7. The summed E-state index contributed by atoms with van der Waals surface area (Å²) in [6, 6.07) is 6.51. The van der Waals surface area contributed by atoms with Crippen LogP contribution in [0.5, 0.6) is 0 Å². The molecule has 1 aromatic rings. The van der Waals surface area contributed by atoms with Crippen molar-refractivity contribution in [2.75, 3.05) is 25.1 Å². The molecule has 1 unspecified atom stereocenters. The number of hydrogen-bond acceptors (Lipinski definition) is 2. The number of aliphatic hydroxyl groups excluding tert-OH is 1. The van der Waals surface area contributed by atoms with Gasteiger partial charge < -0.3 is 10.0 Å². The van der Waals surface area contributed by atoms with Crippen molar-refractivity contribution in [2.24, 2.45) is 11.8 Å². The Morgan fingerprint density at radius 2 is 1.88 bits per heavy atom. The van der Waals surface area contributed by atoms with Gasteiger partial charge in [-0.1, -0.05) is 26.0 Å². The highest BCUT2D eigenvalue weighted by Crippen LogP contribution is 2.22. The Labute approximate surface area is 105 Å². The molecule has 1 aromatic carbocycles. The first-order valence-corrected chi connectivity index (χ1v) is 6.35. The van der Waals surface area contributed by atoms with Gasteiger partial charge in [-0.05, 0) is 37.0 Å². The van der Waals surface area contributed by atoms with Gasteiger partial charge in [0.1, 0.15) is 0 Å². The number of hydrogen-bond donors (Lipinski definition) is 1.